The molecule has 2 aromatic rings. The highest BCUT2D eigenvalue weighted by Crippen LogP contribution is 2.34. The number of nitrogens with zero attached hydrogens (tertiary/aromatic N) is 1. The van der Waals surface area contributed by atoms with Gasteiger partial charge in [-0.15, -0.1) is 0 Å². The second-order valence-electron chi connectivity index (χ2n) is 5.29. The number of fused-ring (bicyclic) bond motifs is 1. The molecule has 18 heavy (non-hydrogen) atoms. The Labute approximate surface area is 107 Å². The highest BCUT2D eigenvalue weighted by molar-refractivity contribution is 5.80. The van der Waals surface area contributed by atoms with Gasteiger partial charge in [-0.05, 0) is 37.1 Å². The molecule has 0 radical (unpaired) electrons. The topological polar surface area (TPSA) is 59.1 Å². The van der Waals surface area contributed by atoms with Gasteiger partial charge in [-0.25, -0.2) is 0 Å². The van der Waals surface area contributed by atoms with Crippen molar-refractivity contribution in [3.05, 3.63) is 36.0 Å². The largest absolute Gasteiger partial charge is 0.508 e. The molecule has 1 aliphatic rings. The first-order chi connectivity index (χ1) is 8.67. The van der Waals surface area contributed by atoms with E-state index in [-0.39, 0.29) is 11.3 Å². The molecule has 3 rings (SSSR count). The molecule has 0 spiro atoms. The molecule has 94 valence electrons. The summed E-state index contributed by atoms with van der Waals surface area (Å²) in [6.07, 6.45) is 5.69. The van der Waals surface area contributed by atoms with Crippen LogP contribution in [0.5, 0.6) is 5.75 Å². The predicted molar refractivity (Wildman–Crippen MR) is 72.4 cm³/mol. The first kappa shape index (κ1) is 11.5. The van der Waals surface area contributed by atoms with Gasteiger partial charge < -0.3 is 10.8 Å². The molecule has 1 heterocycles. The van der Waals surface area contributed by atoms with E-state index in [2.05, 4.69) is 4.98 Å². The van der Waals surface area contributed by atoms with Crippen molar-refractivity contribution in [3.63, 3.8) is 0 Å². The summed E-state index contributed by atoms with van der Waals surface area (Å²) in [6, 6.07) is 9.26. The van der Waals surface area contributed by atoms with Crippen LogP contribution in [0.2, 0.25) is 0 Å². The first-order valence-electron chi connectivity index (χ1n) is 6.57. The van der Waals surface area contributed by atoms with E-state index in [1.807, 2.05) is 18.2 Å². The Balaban J connectivity index is 2.05. The van der Waals surface area contributed by atoms with E-state index in [0.717, 1.165) is 29.4 Å². The lowest BCUT2D eigenvalue weighted by molar-refractivity contribution is 0.296. The van der Waals surface area contributed by atoms with Crippen LogP contribution in [-0.2, 0) is 5.54 Å². The highest BCUT2D eigenvalue weighted by atomic mass is 16.3. The monoisotopic (exact) mass is 242 g/mol. The number of phenolic OH excluding ortho intramolecular Hbond substituents is 1. The molecule has 3 heteroatoms. The van der Waals surface area contributed by atoms with Crippen LogP contribution < -0.4 is 5.73 Å². The highest BCUT2D eigenvalue weighted by Gasteiger charge is 2.30. The van der Waals surface area contributed by atoms with E-state index < -0.39 is 0 Å². The second-order valence-corrected chi connectivity index (χ2v) is 5.29. The van der Waals surface area contributed by atoms with Crippen LogP contribution in [0.3, 0.4) is 0 Å². The molecule has 0 bridgehead atoms. The van der Waals surface area contributed by atoms with Crippen molar-refractivity contribution in [2.75, 3.05) is 0 Å². The van der Waals surface area contributed by atoms with Crippen LogP contribution in [0.4, 0.5) is 0 Å². The van der Waals surface area contributed by atoms with Crippen molar-refractivity contribution in [1.82, 2.24) is 4.98 Å². The maximum absolute atomic E-state index is 9.45. The van der Waals surface area contributed by atoms with Crippen molar-refractivity contribution in [2.45, 2.75) is 37.6 Å². The van der Waals surface area contributed by atoms with Crippen molar-refractivity contribution in [1.29, 1.82) is 0 Å². The lowest BCUT2D eigenvalue weighted by Gasteiger charge is -2.32. The SMILES string of the molecule is NC1(c2ccc3cc(O)ccc3n2)CCCCC1. The Kier molecular flexibility index (Phi) is 2.71. The van der Waals surface area contributed by atoms with Gasteiger partial charge in [-0.2, -0.15) is 0 Å². The second kappa shape index (κ2) is 4.25. The summed E-state index contributed by atoms with van der Waals surface area (Å²) in [5, 5.41) is 10.4. The molecular weight excluding hydrogens is 224 g/mol. The van der Waals surface area contributed by atoms with Gasteiger partial charge in [0, 0.05) is 5.39 Å². The van der Waals surface area contributed by atoms with Gasteiger partial charge in [0.15, 0.2) is 0 Å². The zero-order chi connectivity index (χ0) is 12.6. The molecule has 1 aromatic heterocycles. The van der Waals surface area contributed by atoms with E-state index in [0.29, 0.717) is 0 Å². The summed E-state index contributed by atoms with van der Waals surface area (Å²) in [5.41, 5.74) is 8.12. The molecule has 0 saturated heterocycles. The molecule has 1 aromatic carbocycles. The average Bonchev–Trinajstić information content (AvgIpc) is 2.39. The number of hydrogen-bond acceptors (Lipinski definition) is 3. The summed E-state index contributed by atoms with van der Waals surface area (Å²) < 4.78 is 0. The molecule has 0 atom stereocenters. The van der Waals surface area contributed by atoms with Gasteiger partial charge in [0.2, 0.25) is 0 Å². The third-order valence-corrected chi connectivity index (χ3v) is 3.93. The summed E-state index contributed by atoms with van der Waals surface area (Å²) >= 11 is 0. The minimum atomic E-state index is -0.260. The molecule has 0 unspecified atom stereocenters. The van der Waals surface area contributed by atoms with Crippen molar-refractivity contribution in [3.8, 4) is 5.75 Å². The van der Waals surface area contributed by atoms with E-state index in [1.54, 1.807) is 12.1 Å². The summed E-state index contributed by atoms with van der Waals surface area (Å²) in [5.74, 6) is 0.275. The minimum Gasteiger partial charge on any atom is -0.508 e. The van der Waals surface area contributed by atoms with E-state index in [4.69, 9.17) is 5.73 Å². The van der Waals surface area contributed by atoms with Crippen LogP contribution in [0, 0.1) is 0 Å². The summed E-state index contributed by atoms with van der Waals surface area (Å²) in [4.78, 5) is 4.68. The fourth-order valence-electron chi connectivity index (χ4n) is 2.83. The molecular formula is C15H18N2O. The molecule has 3 N–H and O–H groups in total. The summed E-state index contributed by atoms with van der Waals surface area (Å²) in [6.45, 7) is 0. The quantitative estimate of drug-likeness (QED) is 0.808. The number of phenols is 1. The van der Waals surface area contributed by atoms with Gasteiger partial charge in [0.25, 0.3) is 0 Å². The Bertz CT molecular complexity index is 574. The number of hydrogen-bond donors (Lipinski definition) is 2. The minimum absolute atomic E-state index is 0.260. The standard InChI is InChI=1S/C15H18N2O/c16-15(8-2-1-3-9-15)14-7-4-11-10-12(18)5-6-13(11)17-14/h4-7,10,18H,1-3,8-9,16H2. The van der Waals surface area contributed by atoms with E-state index in [1.165, 1.54) is 19.3 Å². The smallest absolute Gasteiger partial charge is 0.116 e. The molecule has 1 fully saturated rings. The Morgan fingerprint density at radius 1 is 1.06 bits per heavy atom. The molecule has 1 aliphatic carbocycles. The normalized spacial score (nSPS) is 18.9. The fourth-order valence-corrected chi connectivity index (χ4v) is 2.83. The van der Waals surface area contributed by atoms with Crippen molar-refractivity contribution < 1.29 is 5.11 Å². The van der Waals surface area contributed by atoms with Crippen LogP contribution in [0.1, 0.15) is 37.8 Å². The molecule has 0 aliphatic heterocycles. The Morgan fingerprint density at radius 2 is 1.83 bits per heavy atom. The lowest BCUT2D eigenvalue weighted by atomic mass is 9.80. The van der Waals surface area contributed by atoms with Gasteiger partial charge in [0.05, 0.1) is 16.7 Å². The Morgan fingerprint density at radius 3 is 2.61 bits per heavy atom. The number of pyridine rings is 1. The van der Waals surface area contributed by atoms with Crippen molar-refractivity contribution >= 4 is 10.9 Å². The van der Waals surface area contributed by atoms with Crippen molar-refractivity contribution in [2.24, 2.45) is 5.73 Å². The van der Waals surface area contributed by atoms with Crippen LogP contribution in [0.25, 0.3) is 10.9 Å². The van der Waals surface area contributed by atoms with Crippen LogP contribution in [0.15, 0.2) is 30.3 Å². The average molecular weight is 242 g/mol. The lowest BCUT2D eigenvalue weighted by Crippen LogP contribution is -2.39. The Hall–Kier alpha value is -1.61. The number of rotatable bonds is 1. The van der Waals surface area contributed by atoms with Gasteiger partial charge in [-0.3, -0.25) is 4.98 Å². The maximum atomic E-state index is 9.45. The fraction of sp³-hybridized carbons (Fsp3) is 0.400. The first-order valence-corrected chi connectivity index (χ1v) is 6.57. The molecule has 0 amide bonds. The third kappa shape index (κ3) is 1.95. The van der Waals surface area contributed by atoms with E-state index in [9.17, 15) is 5.11 Å². The molecule has 1 saturated carbocycles. The van der Waals surface area contributed by atoms with Crippen LogP contribution >= 0.6 is 0 Å². The van der Waals surface area contributed by atoms with E-state index >= 15 is 0 Å². The zero-order valence-electron chi connectivity index (χ0n) is 10.4. The predicted octanol–water partition coefficient (Wildman–Crippen LogP) is 3.06. The van der Waals surface area contributed by atoms with Gasteiger partial charge in [0.1, 0.15) is 5.75 Å². The molecule has 3 nitrogen and oxygen atoms in total. The van der Waals surface area contributed by atoms with Gasteiger partial charge >= 0.3 is 0 Å². The summed E-state index contributed by atoms with van der Waals surface area (Å²) in [7, 11) is 0. The van der Waals surface area contributed by atoms with Gasteiger partial charge in [-0.1, -0.05) is 25.3 Å². The number of nitrogens with two attached hydrogens (primary N) is 1. The number of aromatic nitrogens is 1. The zero-order valence-corrected chi connectivity index (χ0v) is 10.4. The number of aromatic hydroxyl groups is 1. The van der Waals surface area contributed by atoms with Crippen LogP contribution in [-0.4, -0.2) is 10.1 Å². The maximum Gasteiger partial charge on any atom is 0.116 e. The number of benzene rings is 1. The third-order valence-electron chi connectivity index (χ3n) is 3.93.